The SMILES string of the molecule is O=C1CCCC2=C1C(c1ccc(O)c(O)c1)n1nc(SCc3ccccc3)nc1N2. The quantitative estimate of drug-likeness (QED) is 0.433. The Morgan fingerprint density at radius 3 is 2.73 bits per heavy atom. The van der Waals surface area contributed by atoms with Gasteiger partial charge in [0.25, 0.3) is 0 Å². The summed E-state index contributed by atoms with van der Waals surface area (Å²) in [5.41, 5.74) is 3.38. The smallest absolute Gasteiger partial charge is 0.227 e. The predicted molar refractivity (Wildman–Crippen MR) is 113 cm³/mol. The first-order valence-electron chi connectivity index (χ1n) is 9.78. The molecule has 152 valence electrons. The van der Waals surface area contributed by atoms with Crippen molar-refractivity contribution in [1.29, 1.82) is 0 Å². The average Bonchev–Trinajstić information content (AvgIpc) is 3.16. The van der Waals surface area contributed by atoms with E-state index in [1.165, 1.54) is 29.5 Å². The van der Waals surface area contributed by atoms with Gasteiger partial charge in [-0.3, -0.25) is 4.79 Å². The van der Waals surface area contributed by atoms with Crippen LogP contribution in [0.2, 0.25) is 0 Å². The van der Waals surface area contributed by atoms with Crippen LogP contribution in [0.1, 0.15) is 36.4 Å². The highest BCUT2D eigenvalue weighted by Gasteiger charge is 2.37. The van der Waals surface area contributed by atoms with Crippen molar-refractivity contribution < 1.29 is 15.0 Å². The maximum absolute atomic E-state index is 12.8. The van der Waals surface area contributed by atoms with Gasteiger partial charge in [0.2, 0.25) is 11.1 Å². The number of anilines is 1. The molecule has 1 atom stereocenters. The average molecular weight is 420 g/mol. The zero-order valence-corrected chi connectivity index (χ0v) is 16.9. The third-order valence-corrected chi connectivity index (χ3v) is 6.28. The lowest BCUT2D eigenvalue weighted by molar-refractivity contribution is -0.116. The summed E-state index contributed by atoms with van der Waals surface area (Å²) < 4.78 is 1.71. The summed E-state index contributed by atoms with van der Waals surface area (Å²) in [6.45, 7) is 0. The zero-order valence-electron chi connectivity index (χ0n) is 16.1. The van der Waals surface area contributed by atoms with E-state index in [9.17, 15) is 15.0 Å². The van der Waals surface area contributed by atoms with Gasteiger partial charge in [-0.15, -0.1) is 5.10 Å². The van der Waals surface area contributed by atoms with Crippen LogP contribution in [0.4, 0.5) is 5.95 Å². The highest BCUT2D eigenvalue weighted by atomic mass is 32.2. The highest BCUT2D eigenvalue weighted by Crippen LogP contribution is 2.42. The van der Waals surface area contributed by atoms with Crippen molar-refractivity contribution in [2.45, 2.75) is 36.2 Å². The van der Waals surface area contributed by atoms with Gasteiger partial charge >= 0.3 is 0 Å². The van der Waals surface area contributed by atoms with Gasteiger partial charge in [-0.25, -0.2) is 4.68 Å². The summed E-state index contributed by atoms with van der Waals surface area (Å²) in [5.74, 6) is 0.963. The molecule has 0 saturated carbocycles. The molecule has 0 radical (unpaired) electrons. The fourth-order valence-electron chi connectivity index (χ4n) is 3.94. The van der Waals surface area contributed by atoms with E-state index >= 15 is 0 Å². The molecule has 7 nitrogen and oxygen atoms in total. The third-order valence-electron chi connectivity index (χ3n) is 5.37. The first-order valence-corrected chi connectivity index (χ1v) is 10.8. The Morgan fingerprint density at radius 2 is 1.93 bits per heavy atom. The van der Waals surface area contributed by atoms with Gasteiger partial charge in [-0.2, -0.15) is 4.98 Å². The highest BCUT2D eigenvalue weighted by molar-refractivity contribution is 7.98. The van der Waals surface area contributed by atoms with Gasteiger partial charge in [0.15, 0.2) is 17.3 Å². The number of fused-ring (bicyclic) bond motifs is 1. The number of nitrogens with zero attached hydrogens (tertiary/aromatic N) is 3. The van der Waals surface area contributed by atoms with Gasteiger partial charge < -0.3 is 15.5 Å². The predicted octanol–water partition coefficient (Wildman–Crippen LogP) is 4.00. The number of aromatic nitrogens is 3. The molecule has 0 bridgehead atoms. The van der Waals surface area contributed by atoms with E-state index in [2.05, 4.69) is 27.5 Å². The van der Waals surface area contributed by atoms with Crippen LogP contribution in [0.5, 0.6) is 11.5 Å². The Balaban J connectivity index is 1.54. The lowest BCUT2D eigenvalue weighted by Gasteiger charge is -2.32. The van der Waals surface area contributed by atoms with Crippen LogP contribution >= 0.6 is 11.8 Å². The number of aromatic hydroxyl groups is 2. The molecule has 1 aliphatic heterocycles. The van der Waals surface area contributed by atoms with Gasteiger partial charge in [-0.1, -0.05) is 48.2 Å². The van der Waals surface area contributed by atoms with Crippen molar-refractivity contribution in [2.75, 3.05) is 5.32 Å². The van der Waals surface area contributed by atoms with Crippen LogP contribution < -0.4 is 5.32 Å². The van der Waals surface area contributed by atoms with Crippen molar-refractivity contribution in [2.24, 2.45) is 0 Å². The zero-order chi connectivity index (χ0) is 20.7. The summed E-state index contributed by atoms with van der Waals surface area (Å²) in [7, 11) is 0. The van der Waals surface area contributed by atoms with Crippen LogP contribution in [0.15, 0.2) is 65.0 Å². The lowest BCUT2D eigenvalue weighted by Crippen LogP contribution is -2.31. The second-order valence-electron chi connectivity index (χ2n) is 7.38. The third kappa shape index (κ3) is 3.33. The minimum absolute atomic E-state index is 0.0703. The molecule has 2 heterocycles. The van der Waals surface area contributed by atoms with Crippen molar-refractivity contribution in [3.05, 3.63) is 70.9 Å². The number of rotatable bonds is 4. The fourth-order valence-corrected chi connectivity index (χ4v) is 4.72. The topological polar surface area (TPSA) is 100 Å². The molecular formula is C22H20N4O3S. The van der Waals surface area contributed by atoms with E-state index in [1.807, 2.05) is 18.2 Å². The first-order chi connectivity index (χ1) is 14.6. The van der Waals surface area contributed by atoms with Crippen LogP contribution in [-0.4, -0.2) is 30.8 Å². The molecule has 0 fully saturated rings. The van der Waals surface area contributed by atoms with E-state index in [0.29, 0.717) is 28.7 Å². The Morgan fingerprint density at radius 1 is 1.10 bits per heavy atom. The summed E-state index contributed by atoms with van der Waals surface area (Å²) in [4.78, 5) is 17.5. The van der Waals surface area contributed by atoms with Gasteiger partial charge in [-0.05, 0) is 36.1 Å². The summed E-state index contributed by atoms with van der Waals surface area (Å²) in [6.07, 6.45) is 2.05. The Hall–Kier alpha value is -3.26. The number of allylic oxidation sites excluding steroid dienone is 2. The summed E-state index contributed by atoms with van der Waals surface area (Å²) in [6, 6.07) is 14.2. The van der Waals surface area contributed by atoms with Crippen LogP contribution in [0, 0.1) is 0 Å². The van der Waals surface area contributed by atoms with Gasteiger partial charge in [0, 0.05) is 23.4 Å². The number of carbonyl (C=O) groups is 1. The molecule has 3 aromatic rings. The minimum Gasteiger partial charge on any atom is -0.504 e. The second-order valence-corrected chi connectivity index (χ2v) is 8.32. The molecule has 0 amide bonds. The number of phenols is 2. The molecule has 1 aliphatic carbocycles. The van der Waals surface area contributed by atoms with Crippen LogP contribution in [0.3, 0.4) is 0 Å². The molecule has 3 N–H and O–H groups in total. The summed E-state index contributed by atoms with van der Waals surface area (Å²) in [5, 5.41) is 28.4. The molecule has 2 aliphatic rings. The number of hydrogen-bond donors (Lipinski definition) is 3. The molecule has 5 rings (SSSR count). The number of hydrogen-bond acceptors (Lipinski definition) is 7. The molecule has 30 heavy (non-hydrogen) atoms. The van der Waals surface area contributed by atoms with Crippen molar-refractivity contribution in [3.63, 3.8) is 0 Å². The van der Waals surface area contributed by atoms with Crippen LogP contribution in [-0.2, 0) is 10.5 Å². The maximum atomic E-state index is 12.8. The van der Waals surface area contributed by atoms with Gasteiger partial charge in [0.05, 0.1) is 0 Å². The Bertz CT molecular complexity index is 1160. The van der Waals surface area contributed by atoms with Crippen molar-refractivity contribution >= 4 is 23.5 Å². The Kier molecular flexibility index (Phi) is 4.71. The number of nitrogens with one attached hydrogen (secondary N) is 1. The van der Waals surface area contributed by atoms with Crippen LogP contribution in [0.25, 0.3) is 0 Å². The molecule has 8 heteroatoms. The monoisotopic (exact) mass is 420 g/mol. The lowest BCUT2D eigenvalue weighted by atomic mass is 9.85. The van der Waals surface area contributed by atoms with E-state index in [4.69, 9.17) is 0 Å². The number of benzene rings is 2. The van der Waals surface area contributed by atoms with Crippen molar-refractivity contribution in [1.82, 2.24) is 14.8 Å². The molecule has 2 aromatic carbocycles. The second kappa shape index (κ2) is 7.53. The number of thioether (sulfide) groups is 1. The molecule has 1 unspecified atom stereocenters. The standard InChI is InChI=1S/C22H20N4O3S/c27-16-10-9-14(11-18(16)29)20-19-15(7-4-8-17(19)28)23-21-24-22(25-26(20)21)30-12-13-5-2-1-3-6-13/h1-3,5-6,9-11,20,27,29H,4,7-8,12H2,(H,23,24,25). The maximum Gasteiger partial charge on any atom is 0.227 e. The van der Waals surface area contributed by atoms with Crippen molar-refractivity contribution in [3.8, 4) is 11.5 Å². The number of ketones is 1. The largest absolute Gasteiger partial charge is 0.504 e. The molecule has 0 spiro atoms. The molecule has 1 aromatic heterocycles. The molecule has 0 saturated heterocycles. The number of phenolic OH excluding ortho intramolecular Hbond substituents is 2. The number of carbonyl (C=O) groups excluding carboxylic acids is 1. The fraction of sp³-hybridized carbons (Fsp3) is 0.227. The number of Topliss-reactive ketones (excluding diaryl/α,β-unsaturated/α-hetero) is 1. The Labute approximate surface area is 177 Å². The van der Waals surface area contributed by atoms with E-state index in [1.54, 1.807) is 10.7 Å². The van der Waals surface area contributed by atoms with Gasteiger partial charge in [0.1, 0.15) is 6.04 Å². The van der Waals surface area contributed by atoms with E-state index in [0.717, 1.165) is 24.3 Å². The van der Waals surface area contributed by atoms with E-state index in [-0.39, 0.29) is 17.3 Å². The molecular weight excluding hydrogens is 400 g/mol. The normalized spacial score (nSPS) is 18.0. The minimum atomic E-state index is -0.492. The summed E-state index contributed by atoms with van der Waals surface area (Å²) >= 11 is 1.53. The van der Waals surface area contributed by atoms with E-state index < -0.39 is 6.04 Å². The first kappa shape index (κ1) is 18.7.